The second-order valence-electron chi connectivity index (χ2n) is 2.11. The monoisotopic (exact) mass is 170 g/mol. The molecular formula is C7H10N2O3. The van der Waals surface area contributed by atoms with Crippen LogP contribution in [0, 0.1) is 0 Å². The number of carbonyl (C=O) groups excluding carboxylic acids is 1. The first-order chi connectivity index (χ1) is 5.88. The number of rotatable bonds is 3. The average molecular weight is 170 g/mol. The molecule has 5 nitrogen and oxygen atoms in total. The Balaban J connectivity index is 2.70. The zero-order valence-corrected chi connectivity index (χ0v) is 6.82. The SMILES string of the molecule is CC/C(=N\C=O)C1=NOCCO1. The summed E-state index contributed by atoms with van der Waals surface area (Å²) in [4.78, 5) is 18.4. The molecule has 1 aliphatic rings. The van der Waals surface area contributed by atoms with Crippen LogP contribution in [0.1, 0.15) is 13.3 Å². The van der Waals surface area contributed by atoms with Gasteiger partial charge in [0, 0.05) is 0 Å². The van der Waals surface area contributed by atoms with Crippen LogP contribution in [-0.2, 0) is 14.4 Å². The van der Waals surface area contributed by atoms with Crippen molar-refractivity contribution in [2.75, 3.05) is 13.2 Å². The van der Waals surface area contributed by atoms with E-state index < -0.39 is 0 Å². The van der Waals surface area contributed by atoms with Crippen molar-refractivity contribution in [3.63, 3.8) is 0 Å². The topological polar surface area (TPSA) is 60.2 Å². The molecule has 0 N–H and O–H groups in total. The molecule has 0 saturated carbocycles. The van der Waals surface area contributed by atoms with Gasteiger partial charge in [-0.05, 0) is 11.6 Å². The van der Waals surface area contributed by atoms with Gasteiger partial charge in [-0.1, -0.05) is 6.92 Å². The molecule has 1 amide bonds. The fourth-order valence-electron chi connectivity index (χ4n) is 0.804. The van der Waals surface area contributed by atoms with Gasteiger partial charge in [0.1, 0.15) is 12.3 Å². The van der Waals surface area contributed by atoms with E-state index in [1.54, 1.807) is 0 Å². The highest BCUT2D eigenvalue weighted by molar-refractivity contribution is 6.39. The molecule has 0 aliphatic carbocycles. The Kier molecular flexibility index (Phi) is 3.25. The number of amides is 1. The van der Waals surface area contributed by atoms with E-state index in [2.05, 4.69) is 10.1 Å². The molecule has 0 bridgehead atoms. The largest absolute Gasteiger partial charge is 0.471 e. The Morgan fingerprint density at radius 3 is 3.08 bits per heavy atom. The quantitative estimate of drug-likeness (QED) is 0.453. The Bertz CT molecular complexity index is 223. The molecule has 12 heavy (non-hydrogen) atoms. The number of aliphatic imine (C=N–C) groups is 1. The maximum atomic E-state index is 10.1. The summed E-state index contributed by atoms with van der Waals surface area (Å²) >= 11 is 0. The molecule has 0 radical (unpaired) electrons. The second kappa shape index (κ2) is 4.48. The molecule has 0 saturated heterocycles. The summed E-state index contributed by atoms with van der Waals surface area (Å²) in [5.74, 6) is 0.316. The van der Waals surface area contributed by atoms with Gasteiger partial charge in [0.25, 0.3) is 5.90 Å². The highest BCUT2D eigenvalue weighted by atomic mass is 16.7. The fourth-order valence-corrected chi connectivity index (χ4v) is 0.804. The van der Waals surface area contributed by atoms with Crippen LogP contribution in [0.5, 0.6) is 0 Å². The van der Waals surface area contributed by atoms with Crippen LogP contribution in [0.15, 0.2) is 10.1 Å². The molecule has 1 heterocycles. The minimum Gasteiger partial charge on any atom is -0.471 e. The van der Waals surface area contributed by atoms with Crippen LogP contribution in [-0.4, -0.2) is 31.2 Å². The van der Waals surface area contributed by atoms with Crippen molar-refractivity contribution < 1.29 is 14.4 Å². The minimum absolute atomic E-state index is 0.316. The number of hydrogen-bond acceptors (Lipinski definition) is 4. The van der Waals surface area contributed by atoms with Gasteiger partial charge in [-0.2, -0.15) is 0 Å². The molecule has 0 spiro atoms. The fraction of sp³-hybridized carbons (Fsp3) is 0.571. The Hall–Kier alpha value is -1.39. The van der Waals surface area contributed by atoms with Crippen molar-refractivity contribution in [3.05, 3.63) is 0 Å². The van der Waals surface area contributed by atoms with Gasteiger partial charge in [-0.3, -0.25) is 4.79 Å². The van der Waals surface area contributed by atoms with Crippen LogP contribution in [0.4, 0.5) is 0 Å². The molecular weight excluding hydrogens is 160 g/mol. The third-order valence-electron chi connectivity index (χ3n) is 1.35. The van der Waals surface area contributed by atoms with Crippen molar-refractivity contribution in [3.8, 4) is 0 Å². The average Bonchev–Trinajstić information content (AvgIpc) is 2.15. The first kappa shape index (κ1) is 8.70. The third kappa shape index (κ3) is 2.05. The lowest BCUT2D eigenvalue weighted by Gasteiger charge is -2.13. The lowest BCUT2D eigenvalue weighted by molar-refractivity contribution is -0.106. The summed E-state index contributed by atoms with van der Waals surface area (Å²) in [5.41, 5.74) is 0.518. The van der Waals surface area contributed by atoms with Gasteiger partial charge < -0.3 is 9.57 Å². The molecule has 1 aliphatic heterocycles. The summed E-state index contributed by atoms with van der Waals surface area (Å²) in [6, 6.07) is 0. The molecule has 0 aromatic carbocycles. The molecule has 66 valence electrons. The summed E-state index contributed by atoms with van der Waals surface area (Å²) in [6.07, 6.45) is 1.07. The standard InChI is InChI=1S/C7H10N2O3/c1-2-6(8-5-10)7-9-12-4-3-11-7/h5H,2-4H2,1H3/b8-6+. The van der Waals surface area contributed by atoms with Crippen molar-refractivity contribution in [2.45, 2.75) is 13.3 Å². The smallest absolute Gasteiger partial charge is 0.272 e. The van der Waals surface area contributed by atoms with E-state index in [4.69, 9.17) is 9.57 Å². The summed E-state index contributed by atoms with van der Waals surface area (Å²) in [5, 5.41) is 3.62. The zero-order chi connectivity index (χ0) is 8.81. The maximum Gasteiger partial charge on any atom is 0.272 e. The van der Waals surface area contributed by atoms with Crippen molar-refractivity contribution in [1.29, 1.82) is 0 Å². The van der Waals surface area contributed by atoms with Gasteiger partial charge in [0.2, 0.25) is 6.41 Å². The van der Waals surface area contributed by atoms with Crippen LogP contribution in [0.2, 0.25) is 0 Å². The maximum absolute atomic E-state index is 10.1. The van der Waals surface area contributed by atoms with Crippen LogP contribution in [0.25, 0.3) is 0 Å². The predicted molar refractivity (Wildman–Crippen MR) is 43.1 cm³/mol. The molecule has 0 aromatic rings. The van der Waals surface area contributed by atoms with Crippen molar-refractivity contribution >= 4 is 18.0 Å². The van der Waals surface area contributed by atoms with Gasteiger partial charge in [0.05, 0.1) is 0 Å². The lowest BCUT2D eigenvalue weighted by Crippen LogP contribution is -2.24. The normalized spacial score (nSPS) is 17.4. The highest BCUT2D eigenvalue weighted by Gasteiger charge is 2.12. The molecule has 1 rings (SSSR count). The van der Waals surface area contributed by atoms with Crippen LogP contribution in [0.3, 0.4) is 0 Å². The molecule has 0 aromatic heterocycles. The van der Waals surface area contributed by atoms with E-state index in [9.17, 15) is 4.79 Å². The number of ether oxygens (including phenoxy) is 1. The highest BCUT2D eigenvalue weighted by Crippen LogP contribution is 1.99. The third-order valence-corrected chi connectivity index (χ3v) is 1.35. The Morgan fingerprint density at radius 2 is 2.58 bits per heavy atom. The lowest BCUT2D eigenvalue weighted by atomic mass is 10.3. The van der Waals surface area contributed by atoms with E-state index in [1.165, 1.54) is 0 Å². The summed E-state index contributed by atoms with van der Waals surface area (Å²) < 4.78 is 5.12. The van der Waals surface area contributed by atoms with Gasteiger partial charge in [0.15, 0.2) is 6.61 Å². The number of nitrogens with zero attached hydrogens (tertiary/aromatic N) is 2. The Labute approximate surface area is 70.1 Å². The molecule has 0 atom stereocenters. The number of hydrogen-bond donors (Lipinski definition) is 0. The van der Waals surface area contributed by atoms with Gasteiger partial charge in [-0.25, -0.2) is 4.99 Å². The summed E-state index contributed by atoms with van der Waals surface area (Å²) in [7, 11) is 0. The van der Waals surface area contributed by atoms with Crippen LogP contribution < -0.4 is 0 Å². The number of oxime groups is 1. The van der Waals surface area contributed by atoms with Crippen molar-refractivity contribution in [2.24, 2.45) is 10.1 Å². The zero-order valence-electron chi connectivity index (χ0n) is 6.82. The van der Waals surface area contributed by atoms with Gasteiger partial charge >= 0.3 is 0 Å². The van der Waals surface area contributed by atoms with E-state index >= 15 is 0 Å². The Morgan fingerprint density at radius 1 is 1.75 bits per heavy atom. The van der Waals surface area contributed by atoms with Gasteiger partial charge in [-0.15, -0.1) is 0 Å². The van der Waals surface area contributed by atoms with Crippen molar-refractivity contribution in [1.82, 2.24) is 0 Å². The molecule has 5 heteroatoms. The summed E-state index contributed by atoms with van der Waals surface area (Å²) in [6.45, 7) is 2.76. The van der Waals surface area contributed by atoms with E-state index in [0.29, 0.717) is 37.7 Å². The molecule has 0 unspecified atom stereocenters. The van der Waals surface area contributed by atoms with Crippen LogP contribution >= 0.6 is 0 Å². The predicted octanol–water partition coefficient (Wildman–Crippen LogP) is 0.354. The van der Waals surface area contributed by atoms with E-state index in [1.807, 2.05) is 6.92 Å². The first-order valence-electron chi connectivity index (χ1n) is 3.72. The second-order valence-corrected chi connectivity index (χ2v) is 2.11. The van der Waals surface area contributed by atoms with E-state index in [-0.39, 0.29) is 0 Å². The first-order valence-corrected chi connectivity index (χ1v) is 3.72. The number of carbonyl (C=O) groups is 1. The minimum atomic E-state index is 0.316. The molecule has 0 fully saturated rings. The van der Waals surface area contributed by atoms with E-state index in [0.717, 1.165) is 0 Å².